The molecule has 1 heterocycles. The van der Waals surface area contributed by atoms with Crippen molar-refractivity contribution in [3.05, 3.63) is 56.5 Å². The van der Waals surface area contributed by atoms with Crippen molar-refractivity contribution < 1.29 is 14.3 Å². The van der Waals surface area contributed by atoms with Gasteiger partial charge in [0, 0.05) is 26.5 Å². The van der Waals surface area contributed by atoms with Crippen LogP contribution < -0.4 is 9.47 Å². The first kappa shape index (κ1) is 14.6. The van der Waals surface area contributed by atoms with Crippen molar-refractivity contribution >= 4 is 37.6 Å². The zero-order chi connectivity index (χ0) is 14.8. The number of hydrogen-bond acceptors (Lipinski definition) is 3. The second kappa shape index (κ2) is 6.20. The van der Waals surface area contributed by atoms with E-state index in [9.17, 15) is 4.79 Å². The highest BCUT2D eigenvalue weighted by Gasteiger charge is 2.19. The Morgan fingerprint density at radius 3 is 2.24 bits per heavy atom. The average Bonchev–Trinajstić information content (AvgIpc) is 2.71. The van der Waals surface area contributed by atoms with E-state index in [0.29, 0.717) is 40.3 Å². The van der Waals surface area contributed by atoms with Crippen LogP contribution in [0, 0.1) is 0 Å². The summed E-state index contributed by atoms with van der Waals surface area (Å²) in [5, 5.41) is 0. The zero-order valence-electron chi connectivity index (χ0n) is 11.1. The van der Waals surface area contributed by atoms with Gasteiger partial charge in [-0.3, -0.25) is 4.79 Å². The lowest BCUT2D eigenvalue weighted by Gasteiger charge is -2.11. The number of benzene rings is 2. The highest BCUT2D eigenvalue weighted by atomic mass is 79.9. The quantitative estimate of drug-likeness (QED) is 0.677. The SMILES string of the molecule is O=C(c1ccc(Br)cc1)c1cc2c(cc1Br)OCCCO2. The third-order valence-corrected chi connectivity index (χ3v) is 4.37. The third kappa shape index (κ3) is 3.14. The summed E-state index contributed by atoms with van der Waals surface area (Å²) in [5.74, 6) is 1.24. The molecule has 3 rings (SSSR count). The van der Waals surface area contributed by atoms with Crippen LogP contribution in [-0.4, -0.2) is 19.0 Å². The molecule has 0 bridgehead atoms. The van der Waals surface area contributed by atoms with Crippen molar-refractivity contribution in [3.8, 4) is 11.5 Å². The molecule has 108 valence electrons. The van der Waals surface area contributed by atoms with E-state index in [0.717, 1.165) is 10.9 Å². The van der Waals surface area contributed by atoms with Crippen LogP contribution in [0.3, 0.4) is 0 Å². The summed E-state index contributed by atoms with van der Waals surface area (Å²) in [7, 11) is 0. The first-order valence-corrected chi connectivity index (χ1v) is 8.13. The van der Waals surface area contributed by atoms with Crippen LogP contribution >= 0.6 is 31.9 Å². The number of fused-ring (bicyclic) bond motifs is 1. The number of hydrogen-bond donors (Lipinski definition) is 0. The van der Waals surface area contributed by atoms with Crippen LogP contribution in [0.15, 0.2) is 45.3 Å². The lowest BCUT2D eigenvalue weighted by Crippen LogP contribution is -2.03. The molecule has 1 aliphatic heterocycles. The standard InChI is InChI=1S/C16H12Br2O3/c17-11-4-2-10(3-5-11)16(19)12-8-14-15(9-13(12)18)21-7-1-6-20-14/h2-5,8-9H,1,6-7H2. The normalized spacial score (nSPS) is 13.6. The van der Waals surface area contributed by atoms with E-state index in [1.165, 1.54) is 0 Å². The van der Waals surface area contributed by atoms with Gasteiger partial charge in [-0.15, -0.1) is 0 Å². The first-order valence-electron chi connectivity index (χ1n) is 6.54. The van der Waals surface area contributed by atoms with Gasteiger partial charge in [0.25, 0.3) is 0 Å². The lowest BCUT2D eigenvalue weighted by atomic mass is 10.0. The van der Waals surface area contributed by atoms with Gasteiger partial charge in [-0.1, -0.05) is 15.9 Å². The summed E-state index contributed by atoms with van der Waals surface area (Å²) in [6.45, 7) is 1.22. The van der Waals surface area contributed by atoms with Crippen LogP contribution in [0.2, 0.25) is 0 Å². The van der Waals surface area contributed by atoms with E-state index in [2.05, 4.69) is 31.9 Å². The maximum absolute atomic E-state index is 12.6. The fourth-order valence-electron chi connectivity index (χ4n) is 2.11. The van der Waals surface area contributed by atoms with Crippen molar-refractivity contribution in [2.75, 3.05) is 13.2 Å². The molecule has 2 aromatic carbocycles. The highest BCUT2D eigenvalue weighted by molar-refractivity contribution is 9.10. The van der Waals surface area contributed by atoms with Gasteiger partial charge < -0.3 is 9.47 Å². The summed E-state index contributed by atoms with van der Waals surface area (Å²) >= 11 is 6.81. The van der Waals surface area contributed by atoms with Crippen molar-refractivity contribution in [1.82, 2.24) is 0 Å². The number of carbonyl (C=O) groups excluding carboxylic acids is 1. The minimum Gasteiger partial charge on any atom is -0.490 e. The maximum atomic E-state index is 12.6. The van der Waals surface area contributed by atoms with E-state index in [1.807, 2.05) is 12.1 Å². The Kier molecular flexibility index (Phi) is 4.31. The van der Waals surface area contributed by atoms with Gasteiger partial charge in [0.2, 0.25) is 0 Å². The second-order valence-corrected chi connectivity index (χ2v) is 6.44. The average molecular weight is 412 g/mol. The predicted molar refractivity (Wildman–Crippen MR) is 87.3 cm³/mol. The molecule has 0 unspecified atom stereocenters. The molecule has 0 aliphatic carbocycles. The van der Waals surface area contributed by atoms with Crippen LogP contribution in [0.25, 0.3) is 0 Å². The topological polar surface area (TPSA) is 35.5 Å². The molecule has 3 nitrogen and oxygen atoms in total. The summed E-state index contributed by atoms with van der Waals surface area (Å²) in [6, 6.07) is 10.8. The van der Waals surface area contributed by atoms with E-state index in [-0.39, 0.29) is 5.78 Å². The van der Waals surface area contributed by atoms with Gasteiger partial charge >= 0.3 is 0 Å². The fraction of sp³-hybridized carbons (Fsp3) is 0.188. The van der Waals surface area contributed by atoms with Gasteiger partial charge in [0.1, 0.15) is 0 Å². The van der Waals surface area contributed by atoms with Crippen LogP contribution in [0.4, 0.5) is 0 Å². The maximum Gasteiger partial charge on any atom is 0.194 e. The minimum atomic E-state index is -0.0509. The zero-order valence-corrected chi connectivity index (χ0v) is 14.2. The molecular formula is C16H12Br2O3. The molecule has 0 fully saturated rings. The molecule has 5 heteroatoms. The molecule has 0 saturated heterocycles. The lowest BCUT2D eigenvalue weighted by molar-refractivity contribution is 0.103. The summed E-state index contributed by atoms with van der Waals surface area (Å²) in [6.07, 6.45) is 0.836. The minimum absolute atomic E-state index is 0.0509. The predicted octanol–water partition coefficient (Wildman–Crippen LogP) is 4.60. The molecule has 0 saturated carbocycles. The Hall–Kier alpha value is -1.33. The second-order valence-electron chi connectivity index (χ2n) is 4.67. The van der Waals surface area contributed by atoms with Crippen LogP contribution in [-0.2, 0) is 0 Å². The summed E-state index contributed by atoms with van der Waals surface area (Å²) < 4.78 is 12.9. The number of ketones is 1. The molecule has 0 aromatic heterocycles. The molecule has 0 amide bonds. The molecule has 1 aliphatic rings. The third-order valence-electron chi connectivity index (χ3n) is 3.19. The van der Waals surface area contributed by atoms with Gasteiger partial charge in [-0.2, -0.15) is 0 Å². The van der Waals surface area contributed by atoms with Crippen molar-refractivity contribution in [2.45, 2.75) is 6.42 Å². The Balaban J connectivity index is 2.00. The number of halogens is 2. The number of ether oxygens (including phenoxy) is 2. The highest BCUT2D eigenvalue weighted by Crippen LogP contribution is 2.36. The fourth-order valence-corrected chi connectivity index (χ4v) is 2.88. The molecular weight excluding hydrogens is 400 g/mol. The van der Waals surface area contributed by atoms with Crippen molar-refractivity contribution in [3.63, 3.8) is 0 Å². The van der Waals surface area contributed by atoms with E-state index < -0.39 is 0 Å². The number of carbonyl (C=O) groups is 1. The van der Waals surface area contributed by atoms with Crippen LogP contribution in [0.1, 0.15) is 22.3 Å². The smallest absolute Gasteiger partial charge is 0.194 e. The molecule has 2 aromatic rings. The summed E-state index contributed by atoms with van der Waals surface area (Å²) in [5.41, 5.74) is 1.20. The van der Waals surface area contributed by atoms with Crippen molar-refractivity contribution in [2.24, 2.45) is 0 Å². The molecule has 0 spiro atoms. The Bertz CT molecular complexity index is 681. The van der Waals surface area contributed by atoms with Gasteiger partial charge in [-0.05, 0) is 52.3 Å². The van der Waals surface area contributed by atoms with Crippen molar-refractivity contribution in [1.29, 1.82) is 0 Å². The number of rotatable bonds is 2. The molecule has 0 atom stereocenters. The molecule has 0 radical (unpaired) electrons. The first-order chi connectivity index (χ1) is 10.1. The van der Waals surface area contributed by atoms with E-state index in [1.54, 1.807) is 24.3 Å². The summed E-state index contributed by atoms with van der Waals surface area (Å²) in [4.78, 5) is 12.6. The largest absolute Gasteiger partial charge is 0.490 e. The van der Waals surface area contributed by atoms with E-state index in [4.69, 9.17) is 9.47 Å². The van der Waals surface area contributed by atoms with Gasteiger partial charge in [-0.25, -0.2) is 0 Å². The Morgan fingerprint density at radius 1 is 0.952 bits per heavy atom. The van der Waals surface area contributed by atoms with Gasteiger partial charge in [0.15, 0.2) is 17.3 Å². The van der Waals surface area contributed by atoms with Gasteiger partial charge in [0.05, 0.1) is 13.2 Å². The molecule has 0 N–H and O–H groups in total. The monoisotopic (exact) mass is 410 g/mol. The van der Waals surface area contributed by atoms with E-state index >= 15 is 0 Å². The Labute approximate surface area is 139 Å². The Morgan fingerprint density at radius 2 is 1.57 bits per heavy atom. The molecule has 21 heavy (non-hydrogen) atoms. The van der Waals surface area contributed by atoms with Crippen LogP contribution in [0.5, 0.6) is 11.5 Å².